The number of hydrogen-bond donors (Lipinski definition) is 0. The maximum atomic E-state index is 14.3. The number of aromatic nitrogens is 2. The molecule has 27 heavy (non-hydrogen) atoms. The SMILES string of the molecule is Cc1noc2nc(-c3ccccc3F)cc(C(=O)N3CCCC3C(C)C)c12. The Morgan fingerprint density at radius 3 is 2.85 bits per heavy atom. The van der Waals surface area contributed by atoms with Gasteiger partial charge in [0.25, 0.3) is 11.6 Å². The van der Waals surface area contributed by atoms with Crippen LogP contribution in [0, 0.1) is 18.7 Å². The average molecular weight is 367 g/mol. The number of rotatable bonds is 3. The number of nitrogens with zero attached hydrogens (tertiary/aromatic N) is 3. The summed E-state index contributed by atoms with van der Waals surface area (Å²) in [5.74, 6) is -0.0777. The predicted octanol–water partition coefficient (Wildman–Crippen LogP) is 4.60. The Kier molecular flexibility index (Phi) is 4.42. The van der Waals surface area contributed by atoms with E-state index in [-0.39, 0.29) is 23.5 Å². The van der Waals surface area contributed by atoms with Gasteiger partial charge in [-0.2, -0.15) is 0 Å². The van der Waals surface area contributed by atoms with E-state index in [1.807, 2.05) is 4.90 Å². The molecule has 6 heteroatoms. The molecule has 3 heterocycles. The van der Waals surface area contributed by atoms with Crippen molar-refractivity contribution in [3.8, 4) is 11.3 Å². The summed E-state index contributed by atoms with van der Waals surface area (Å²) < 4.78 is 19.6. The number of aryl methyl sites for hydroxylation is 1. The molecule has 5 nitrogen and oxygen atoms in total. The predicted molar refractivity (Wildman–Crippen MR) is 101 cm³/mol. The third kappa shape index (κ3) is 2.99. The van der Waals surface area contributed by atoms with Crippen LogP contribution in [0.5, 0.6) is 0 Å². The van der Waals surface area contributed by atoms with Gasteiger partial charge in [0.1, 0.15) is 5.82 Å². The Labute approximate surface area is 157 Å². The molecule has 0 aliphatic carbocycles. The van der Waals surface area contributed by atoms with Crippen molar-refractivity contribution >= 4 is 17.0 Å². The summed E-state index contributed by atoms with van der Waals surface area (Å²) in [6.45, 7) is 6.78. The second kappa shape index (κ2) is 6.76. The summed E-state index contributed by atoms with van der Waals surface area (Å²) in [5.41, 5.74) is 2.06. The molecule has 140 valence electrons. The smallest absolute Gasteiger partial charge is 0.259 e. The Morgan fingerprint density at radius 2 is 2.11 bits per heavy atom. The van der Waals surface area contributed by atoms with Crippen molar-refractivity contribution in [2.24, 2.45) is 5.92 Å². The third-order valence-corrected chi connectivity index (χ3v) is 5.33. The Hall–Kier alpha value is -2.76. The summed E-state index contributed by atoms with van der Waals surface area (Å²) in [7, 11) is 0. The highest BCUT2D eigenvalue weighted by atomic mass is 19.1. The minimum absolute atomic E-state index is 0.0671. The fourth-order valence-electron chi connectivity index (χ4n) is 3.96. The normalized spacial score (nSPS) is 17.2. The largest absolute Gasteiger partial charge is 0.335 e. The lowest BCUT2D eigenvalue weighted by molar-refractivity contribution is 0.0703. The van der Waals surface area contributed by atoms with Gasteiger partial charge in [0.05, 0.1) is 22.3 Å². The second-order valence-corrected chi connectivity index (χ2v) is 7.44. The third-order valence-electron chi connectivity index (χ3n) is 5.33. The molecule has 1 fully saturated rings. The molecular formula is C21H22FN3O2. The van der Waals surface area contributed by atoms with E-state index in [2.05, 4.69) is 24.0 Å². The Morgan fingerprint density at radius 1 is 1.33 bits per heavy atom. The van der Waals surface area contributed by atoms with E-state index in [9.17, 15) is 9.18 Å². The van der Waals surface area contributed by atoms with Gasteiger partial charge in [-0.25, -0.2) is 9.37 Å². The number of benzene rings is 1. The van der Waals surface area contributed by atoms with Gasteiger partial charge in [0.15, 0.2) is 0 Å². The number of hydrogen-bond acceptors (Lipinski definition) is 4. The molecule has 1 unspecified atom stereocenters. The van der Waals surface area contributed by atoms with Crippen LogP contribution in [-0.2, 0) is 0 Å². The van der Waals surface area contributed by atoms with Crippen molar-refractivity contribution in [1.82, 2.24) is 15.0 Å². The Balaban J connectivity index is 1.87. The first-order valence-electron chi connectivity index (χ1n) is 9.30. The zero-order valence-electron chi connectivity index (χ0n) is 15.7. The molecule has 1 saturated heterocycles. The van der Waals surface area contributed by atoms with Gasteiger partial charge in [-0.15, -0.1) is 0 Å². The lowest BCUT2D eigenvalue weighted by atomic mass is 10.00. The van der Waals surface area contributed by atoms with Gasteiger partial charge in [-0.1, -0.05) is 31.1 Å². The van der Waals surface area contributed by atoms with Crippen molar-refractivity contribution in [1.29, 1.82) is 0 Å². The quantitative estimate of drug-likeness (QED) is 0.679. The molecule has 0 bridgehead atoms. The molecule has 0 spiro atoms. The summed E-state index contributed by atoms with van der Waals surface area (Å²) >= 11 is 0. The Bertz CT molecular complexity index is 1010. The number of likely N-dealkylation sites (tertiary alicyclic amines) is 1. The van der Waals surface area contributed by atoms with Crippen molar-refractivity contribution < 1.29 is 13.7 Å². The molecule has 1 aliphatic rings. The van der Waals surface area contributed by atoms with Crippen molar-refractivity contribution in [2.75, 3.05) is 6.54 Å². The van der Waals surface area contributed by atoms with E-state index >= 15 is 0 Å². The van der Waals surface area contributed by atoms with Crippen LogP contribution in [-0.4, -0.2) is 33.5 Å². The zero-order valence-corrected chi connectivity index (χ0v) is 15.7. The van der Waals surface area contributed by atoms with Crippen molar-refractivity contribution in [3.63, 3.8) is 0 Å². The van der Waals surface area contributed by atoms with Gasteiger partial charge in [-0.05, 0) is 43.9 Å². The standard InChI is InChI=1S/C21H22FN3O2/c1-12(2)18-9-6-10-25(18)21(26)15-11-17(14-7-4-5-8-16(14)22)23-20-19(15)13(3)24-27-20/h4-5,7-8,11-12,18H,6,9-10H2,1-3H3. The molecule has 0 radical (unpaired) electrons. The van der Waals surface area contributed by atoms with E-state index < -0.39 is 0 Å². The van der Waals surface area contributed by atoms with E-state index in [1.54, 1.807) is 31.2 Å². The number of pyridine rings is 1. The molecule has 1 aliphatic heterocycles. The highest BCUT2D eigenvalue weighted by Crippen LogP contribution is 2.32. The topological polar surface area (TPSA) is 59.2 Å². The molecular weight excluding hydrogens is 345 g/mol. The zero-order chi connectivity index (χ0) is 19.1. The summed E-state index contributed by atoms with van der Waals surface area (Å²) in [4.78, 5) is 19.8. The fraction of sp³-hybridized carbons (Fsp3) is 0.381. The van der Waals surface area contributed by atoms with E-state index in [1.165, 1.54) is 6.07 Å². The first-order chi connectivity index (χ1) is 13.0. The van der Waals surface area contributed by atoms with E-state index in [0.29, 0.717) is 33.8 Å². The highest BCUT2D eigenvalue weighted by molar-refractivity contribution is 6.07. The number of amides is 1. The van der Waals surface area contributed by atoms with E-state index in [0.717, 1.165) is 19.4 Å². The number of fused-ring (bicyclic) bond motifs is 1. The van der Waals surface area contributed by atoms with Crippen LogP contribution in [0.1, 0.15) is 42.7 Å². The molecule has 4 rings (SSSR count). The highest BCUT2D eigenvalue weighted by Gasteiger charge is 2.33. The van der Waals surface area contributed by atoms with E-state index in [4.69, 9.17) is 4.52 Å². The summed E-state index contributed by atoms with van der Waals surface area (Å²) in [6.07, 6.45) is 1.99. The number of carbonyl (C=O) groups is 1. The van der Waals surface area contributed by atoms with Gasteiger partial charge >= 0.3 is 0 Å². The molecule has 1 atom stereocenters. The van der Waals surface area contributed by atoms with Crippen LogP contribution >= 0.6 is 0 Å². The van der Waals surface area contributed by atoms with Crippen LogP contribution in [0.25, 0.3) is 22.4 Å². The minimum Gasteiger partial charge on any atom is -0.335 e. The first-order valence-corrected chi connectivity index (χ1v) is 9.30. The van der Waals surface area contributed by atoms with Gasteiger partial charge < -0.3 is 9.42 Å². The van der Waals surface area contributed by atoms with Crippen LogP contribution in [0.4, 0.5) is 4.39 Å². The van der Waals surface area contributed by atoms with Crippen molar-refractivity contribution in [2.45, 2.75) is 39.7 Å². The molecule has 2 aromatic heterocycles. The molecule has 1 amide bonds. The lowest BCUT2D eigenvalue weighted by Crippen LogP contribution is -2.38. The molecule has 0 saturated carbocycles. The number of halogens is 1. The molecule has 0 N–H and O–H groups in total. The molecule has 1 aromatic carbocycles. The maximum Gasteiger partial charge on any atom is 0.259 e. The fourth-order valence-corrected chi connectivity index (χ4v) is 3.96. The maximum absolute atomic E-state index is 14.3. The minimum atomic E-state index is -0.389. The van der Waals surface area contributed by atoms with Crippen LogP contribution < -0.4 is 0 Å². The van der Waals surface area contributed by atoms with Gasteiger partial charge in [0.2, 0.25) is 0 Å². The van der Waals surface area contributed by atoms with Crippen LogP contribution in [0.3, 0.4) is 0 Å². The van der Waals surface area contributed by atoms with Crippen LogP contribution in [0.2, 0.25) is 0 Å². The van der Waals surface area contributed by atoms with Gasteiger partial charge in [0, 0.05) is 18.2 Å². The van der Waals surface area contributed by atoms with Crippen molar-refractivity contribution in [3.05, 3.63) is 47.4 Å². The van der Waals surface area contributed by atoms with Crippen LogP contribution in [0.15, 0.2) is 34.9 Å². The lowest BCUT2D eigenvalue weighted by Gasteiger charge is -2.28. The first kappa shape index (κ1) is 17.6. The monoisotopic (exact) mass is 367 g/mol. The summed E-state index contributed by atoms with van der Waals surface area (Å²) in [6, 6.07) is 8.27. The average Bonchev–Trinajstić information content (AvgIpc) is 3.28. The second-order valence-electron chi connectivity index (χ2n) is 7.44. The summed E-state index contributed by atoms with van der Waals surface area (Å²) in [5, 5.41) is 4.58. The molecule has 3 aromatic rings. The van der Waals surface area contributed by atoms with Gasteiger partial charge in [-0.3, -0.25) is 4.79 Å². The number of carbonyl (C=O) groups excluding carboxylic acids is 1.